The molecule has 0 aliphatic rings. The van der Waals surface area contributed by atoms with E-state index in [2.05, 4.69) is 18.0 Å². The summed E-state index contributed by atoms with van der Waals surface area (Å²) in [5, 5.41) is 11.0. The van der Waals surface area contributed by atoms with Crippen LogP contribution in [-0.2, 0) is 13.5 Å². The number of nitro groups is 1. The van der Waals surface area contributed by atoms with Crippen LogP contribution < -0.4 is 4.80 Å². The molecule has 8 heteroatoms. The number of amides is 1. The largest absolute Gasteiger partial charge is 0.319 e. The lowest BCUT2D eigenvalue weighted by Crippen LogP contribution is -2.13. The summed E-state index contributed by atoms with van der Waals surface area (Å²) >= 11 is 7.40. The number of hydrogen-bond acceptors (Lipinski definition) is 4. The van der Waals surface area contributed by atoms with Crippen LogP contribution in [0.4, 0.5) is 5.69 Å². The third-order valence-corrected chi connectivity index (χ3v) is 5.29. The van der Waals surface area contributed by atoms with Gasteiger partial charge in [0.1, 0.15) is 0 Å². The second-order valence-corrected chi connectivity index (χ2v) is 6.85. The van der Waals surface area contributed by atoms with Gasteiger partial charge in [0, 0.05) is 19.2 Å². The monoisotopic (exact) mass is 375 g/mol. The molecule has 1 amide bonds. The summed E-state index contributed by atoms with van der Waals surface area (Å²) < 4.78 is 2.85. The number of nitrogens with zero attached hydrogens (tertiary/aromatic N) is 3. The van der Waals surface area contributed by atoms with E-state index in [1.54, 1.807) is 0 Å². The van der Waals surface area contributed by atoms with Gasteiger partial charge in [0.15, 0.2) is 4.80 Å². The summed E-state index contributed by atoms with van der Waals surface area (Å²) in [5.41, 5.74) is 1.99. The zero-order valence-electron chi connectivity index (χ0n) is 13.5. The van der Waals surface area contributed by atoms with E-state index in [0.29, 0.717) is 4.80 Å². The summed E-state index contributed by atoms with van der Waals surface area (Å²) in [5.74, 6) is -0.605. The van der Waals surface area contributed by atoms with E-state index in [4.69, 9.17) is 11.6 Å². The minimum atomic E-state index is -0.605. The van der Waals surface area contributed by atoms with Gasteiger partial charge in [-0.3, -0.25) is 14.9 Å². The van der Waals surface area contributed by atoms with Gasteiger partial charge in [0.05, 0.1) is 25.7 Å². The summed E-state index contributed by atoms with van der Waals surface area (Å²) in [6.45, 7) is 2.08. The number of benzene rings is 2. The highest BCUT2D eigenvalue weighted by atomic mass is 35.5. The van der Waals surface area contributed by atoms with E-state index in [9.17, 15) is 14.9 Å². The molecule has 0 saturated heterocycles. The average molecular weight is 376 g/mol. The molecule has 3 aromatic rings. The van der Waals surface area contributed by atoms with Crippen molar-refractivity contribution < 1.29 is 9.72 Å². The molecule has 0 bridgehead atoms. The van der Waals surface area contributed by atoms with Gasteiger partial charge in [0.2, 0.25) is 0 Å². The van der Waals surface area contributed by atoms with Crippen LogP contribution in [0.5, 0.6) is 0 Å². The molecule has 128 valence electrons. The van der Waals surface area contributed by atoms with E-state index in [-0.39, 0.29) is 16.3 Å². The van der Waals surface area contributed by atoms with Crippen molar-refractivity contribution in [1.82, 2.24) is 4.57 Å². The Bertz CT molecular complexity index is 1070. The highest BCUT2D eigenvalue weighted by molar-refractivity contribution is 7.16. The van der Waals surface area contributed by atoms with Gasteiger partial charge in [-0.05, 0) is 30.2 Å². The first-order valence-corrected chi connectivity index (χ1v) is 8.71. The number of non-ortho nitro benzene ring substituents is 1. The molecule has 2 aromatic carbocycles. The molecule has 25 heavy (non-hydrogen) atoms. The fourth-order valence-electron chi connectivity index (χ4n) is 2.44. The molecule has 6 nitrogen and oxygen atoms in total. The SMILES string of the molecule is CCc1ccc2c(c1)sc(=NC(=O)c1cc([N+](=O)[O-])ccc1Cl)n2C. The van der Waals surface area contributed by atoms with Crippen molar-refractivity contribution in [3.8, 4) is 0 Å². The molecule has 0 aliphatic carbocycles. The van der Waals surface area contributed by atoms with Crippen molar-refractivity contribution >= 4 is 44.7 Å². The maximum Gasteiger partial charge on any atom is 0.281 e. The Morgan fingerprint density at radius 1 is 1.32 bits per heavy atom. The lowest BCUT2D eigenvalue weighted by molar-refractivity contribution is -0.384. The van der Waals surface area contributed by atoms with Gasteiger partial charge in [-0.25, -0.2) is 0 Å². The predicted molar refractivity (Wildman–Crippen MR) is 98.2 cm³/mol. The number of fused-ring (bicyclic) bond motifs is 1. The number of aromatic nitrogens is 1. The first kappa shape index (κ1) is 17.3. The number of carbonyl (C=O) groups excluding carboxylic acids is 1. The smallest absolute Gasteiger partial charge is 0.281 e. The fraction of sp³-hybridized carbons (Fsp3) is 0.176. The lowest BCUT2D eigenvalue weighted by Gasteiger charge is -2.00. The molecule has 0 atom stereocenters. The Morgan fingerprint density at radius 2 is 2.08 bits per heavy atom. The van der Waals surface area contributed by atoms with Crippen LogP contribution in [-0.4, -0.2) is 15.4 Å². The molecular formula is C17H14ClN3O3S. The van der Waals surface area contributed by atoms with Crippen LogP contribution in [0.1, 0.15) is 22.8 Å². The topological polar surface area (TPSA) is 77.5 Å². The van der Waals surface area contributed by atoms with Gasteiger partial charge in [-0.1, -0.05) is 35.9 Å². The zero-order chi connectivity index (χ0) is 18.1. The highest BCUT2D eigenvalue weighted by Crippen LogP contribution is 2.23. The zero-order valence-corrected chi connectivity index (χ0v) is 15.1. The summed E-state index contributed by atoms with van der Waals surface area (Å²) in [4.78, 5) is 27.4. The first-order valence-electron chi connectivity index (χ1n) is 7.52. The number of carbonyl (C=O) groups is 1. The van der Waals surface area contributed by atoms with E-state index >= 15 is 0 Å². The van der Waals surface area contributed by atoms with Crippen molar-refractivity contribution in [2.24, 2.45) is 12.0 Å². The predicted octanol–water partition coefficient (Wildman–Crippen LogP) is 4.10. The molecule has 0 radical (unpaired) electrons. The summed E-state index contributed by atoms with van der Waals surface area (Å²) in [7, 11) is 1.83. The molecule has 3 rings (SSSR count). The Hall–Kier alpha value is -2.51. The number of halogens is 1. The van der Waals surface area contributed by atoms with Crippen LogP contribution in [0.3, 0.4) is 0 Å². The van der Waals surface area contributed by atoms with Gasteiger partial charge < -0.3 is 4.57 Å². The molecule has 0 unspecified atom stereocenters. The number of aryl methyl sites for hydroxylation is 2. The van der Waals surface area contributed by atoms with Crippen LogP contribution in [0.2, 0.25) is 5.02 Å². The average Bonchev–Trinajstić information content (AvgIpc) is 2.90. The highest BCUT2D eigenvalue weighted by Gasteiger charge is 2.16. The van der Waals surface area contributed by atoms with Gasteiger partial charge in [-0.2, -0.15) is 4.99 Å². The molecule has 0 saturated carbocycles. The number of hydrogen-bond donors (Lipinski definition) is 0. The van der Waals surface area contributed by atoms with Crippen LogP contribution in [0.15, 0.2) is 41.4 Å². The summed E-state index contributed by atoms with van der Waals surface area (Å²) in [6, 6.07) is 9.85. The Labute approximate surface area is 152 Å². The third-order valence-electron chi connectivity index (χ3n) is 3.87. The second-order valence-electron chi connectivity index (χ2n) is 5.44. The third kappa shape index (κ3) is 3.33. The quantitative estimate of drug-likeness (QED) is 0.510. The molecule has 1 heterocycles. The first-order chi connectivity index (χ1) is 11.9. The second kappa shape index (κ2) is 6.78. The van der Waals surface area contributed by atoms with Crippen molar-refractivity contribution in [2.75, 3.05) is 0 Å². The minimum absolute atomic E-state index is 0.0163. The van der Waals surface area contributed by atoms with Crippen molar-refractivity contribution in [2.45, 2.75) is 13.3 Å². The van der Waals surface area contributed by atoms with Crippen molar-refractivity contribution in [3.05, 3.63) is 67.5 Å². The van der Waals surface area contributed by atoms with Crippen molar-refractivity contribution in [1.29, 1.82) is 0 Å². The minimum Gasteiger partial charge on any atom is -0.319 e. The van der Waals surface area contributed by atoms with Crippen LogP contribution in [0.25, 0.3) is 10.2 Å². The standard InChI is InChI=1S/C17H14ClN3O3S/c1-3-10-4-7-14-15(8-10)25-17(20(14)2)19-16(22)12-9-11(21(23)24)5-6-13(12)18/h4-9H,3H2,1-2H3. The van der Waals surface area contributed by atoms with E-state index in [1.807, 2.05) is 23.7 Å². The Morgan fingerprint density at radius 3 is 2.76 bits per heavy atom. The van der Waals surface area contributed by atoms with E-state index < -0.39 is 10.8 Å². The van der Waals surface area contributed by atoms with Crippen LogP contribution in [0, 0.1) is 10.1 Å². The van der Waals surface area contributed by atoms with Gasteiger partial charge in [0.25, 0.3) is 11.6 Å². The molecule has 0 N–H and O–H groups in total. The van der Waals surface area contributed by atoms with Gasteiger partial charge in [-0.15, -0.1) is 0 Å². The van der Waals surface area contributed by atoms with Crippen molar-refractivity contribution in [3.63, 3.8) is 0 Å². The maximum absolute atomic E-state index is 12.5. The van der Waals surface area contributed by atoms with E-state index in [0.717, 1.165) is 22.7 Å². The maximum atomic E-state index is 12.5. The molecule has 0 fully saturated rings. The number of rotatable bonds is 3. The lowest BCUT2D eigenvalue weighted by atomic mass is 10.2. The van der Waals surface area contributed by atoms with E-state index in [1.165, 1.54) is 29.0 Å². The number of nitro benzene ring substituents is 1. The normalized spacial score (nSPS) is 11.9. The summed E-state index contributed by atoms with van der Waals surface area (Å²) in [6.07, 6.45) is 0.923. The molecular weight excluding hydrogens is 362 g/mol. The van der Waals surface area contributed by atoms with Gasteiger partial charge >= 0.3 is 0 Å². The van der Waals surface area contributed by atoms with Crippen LogP contribution >= 0.6 is 22.9 Å². The Kier molecular flexibility index (Phi) is 4.69. The molecule has 1 aromatic heterocycles. The Balaban J connectivity index is 2.10. The molecule has 0 aliphatic heterocycles. The number of thiazole rings is 1. The molecule has 0 spiro atoms. The fourth-order valence-corrected chi connectivity index (χ4v) is 3.72.